The summed E-state index contributed by atoms with van der Waals surface area (Å²) in [7, 11) is 0. The monoisotopic (exact) mass is 437 g/mol. The highest BCUT2D eigenvalue weighted by molar-refractivity contribution is 5.96. The van der Waals surface area contributed by atoms with Crippen molar-refractivity contribution in [2.45, 2.75) is 19.0 Å². The highest BCUT2D eigenvalue weighted by Crippen LogP contribution is 2.23. The van der Waals surface area contributed by atoms with Crippen molar-refractivity contribution in [2.75, 3.05) is 18.4 Å². The molecule has 6 nitrogen and oxygen atoms in total. The number of dihydropyridines is 1. The Morgan fingerprint density at radius 2 is 2.12 bits per heavy atom. The first kappa shape index (κ1) is 22.0. The van der Waals surface area contributed by atoms with Crippen LogP contribution in [-0.4, -0.2) is 36.0 Å². The fourth-order valence-corrected chi connectivity index (χ4v) is 4.16. The van der Waals surface area contributed by atoms with E-state index in [1.807, 2.05) is 66.6 Å². The quantitative estimate of drug-likeness (QED) is 0.665. The van der Waals surface area contributed by atoms with Crippen molar-refractivity contribution < 1.29 is 4.79 Å². The van der Waals surface area contributed by atoms with Crippen LogP contribution < -0.4 is 26.8 Å². The van der Waals surface area contributed by atoms with E-state index in [-0.39, 0.29) is 18.0 Å². The summed E-state index contributed by atoms with van der Waals surface area (Å²) in [5, 5.41) is 17.8. The van der Waals surface area contributed by atoms with Crippen molar-refractivity contribution in [1.82, 2.24) is 10.2 Å². The molecule has 0 radical (unpaired) electrons. The molecule has 2 aliphatic heterocycles. The average Bonchev–Trinajstić information content (AvgIpc) is 2.81. The van der Waals surface area contributed by atoms with Gasteiger partial charge in [-0.15, -0.1) is 0 Å². The molecule has 1 saturated heterocycles. The molecule has 1 unspecified atom stereocenters. The van der Waals surface area contributed by atoms with Crippen molar-refractivity contribution in [3.8, 4) is 17.2 Å². The number of hydrogen-bond acceptors (Lipinski definition) is 5. The van der Waals surface area contributed by atoms with E-state index >= 15 is 0 Å². The number of nitriles is 1. The molecule has 6 heteroatoms. The molecule has 33 heavy (non-hydrogen) atoms. The molecular weight excluding hydrogens is 410 g/mol. The molecule has 2 aromatic carbocycles. The topological polar surface area (TPSA) is 94.2 Å². The Balaban J connectivity index is 1.60. The smallest absolute Gasteiger partial charge is 0.252 e. The zero-order chi connectivity index (χ0) is 23.4. The zero-order valence-electron chi connectivity index (χ0n) is 18.6. The van der Waals surface area contributed by atoms with Crippen LogP contribution in [0.4, 0.5) is 5.69 Å². The van der Waals surface area contributed by atoms with Gasteiger partial charge in [0, 0.05) is 35.8 Å². The lowest BCUT2D eigenvalue weighted by Gasteiger charge is -2.41. The lowest BCUT2D eigenvalue weighted by molar-refractivity contribution is -0.131. The standard InChI is InChI=1S/C27H27N5O/c1-3-6-21-12-22(20-8-4-7-19(11-20)14-28)13-26(25(21)15-29)31-23-16-32(17-23)27(33)24-9-5-10-30-18(24)2/h3-13,15,18,23,30-31H,1,16-17,29H2,2H3/b21-6-,25-15+. The van der Waals surface area contributed by atoms with E-state index in [0.29, 0.717) is 18.7 Å². The molecule has 4 N–H and O–H groups in total. The molecule has 0 aromatic heterocycles. The largest absolute Gasteiger partial charge is 0.404 e. The van der Waals surface area contributed by atoms with Crippen molar-refractivity contribution in [3.05, 3.63) is 89.0 Å². The number of nitrogens with two attached hydrogens (primary N) is 1. The number of nitrogens with zero attached hydrogens (tertiary/aromatic N) is 2. The number of rotatable bonds is 5. The zero-order valence-corrected chi connectivity index (χ0v) is 18.6. The van der Waals surface area contributed by atoms with E-state index < -0.39 is 0 Å². The predicted octanol–water partition coefficient (Wildman–Crippen LogP) is 1.94. The van der Waals surface area contributed by atoms with Crippen LogP contribution in [-0.2, 0) is 4.79 Å². The molecular formula is C27H27N5O. The average molecular weight is 438 g/mol. The summed E-state index contributed by atoms with van der Waals surface area (Å²) in [6.45, 7) is 7.04. The van der Waals surface area contributed by atoms with E-state index in [1.54, 1.807) is 18.3 Å². The number of carbonyl (C=O) groups excluding carboxylic acids is 1. The maximum atomic E-state index is 12.8. The normalized spacial score (nSPS) is 18.7. The molecule has 0 saturated carbocycles. The van der Waals surface area contributed by atoms with Gasteiger partial charge in [0.25, 0.3) is 5.91 Å². The summed E-state index contributed by atoms with van der Waals surface area (Å²) < 4.78 is 0. The predicted molar refractivity (Wildman–Crippen MR) is 133 cm³/mol. The van der Waals surface area contributed by atoms with Crippen molar-refractivity contribution in [2.24, 2.45) is 5.73 Å². The van der Waals surface area contributed by atoms with Crippen LogP contribution in [0, 0.1) is 11.3 Å². The van der Waals surface area contributed by atoms with E-state index in [4.69, 9.17) is 5.73 Å². The molecule has 0 spiro atoms. The number of hydrogen-bond donors (Lipinski definition) is 3. The number of carbonyl (C=O) groups is 1. The summed E-state index contributed by atoms with van der Waals surface area (Å²) in [6.07, 6.45) is 10.8. The van der Waals surface area contributed by atoms with Crippen LogP contribution in [0.5, 0.6) is 0 Å². The Bertz CT molecular complexity index is 1310. The number of nitrogens with one attached hydrogen (secondary N) is 2. The van der Waals surface area contributed by atoms with Gasteiger partial charge >= 0.3 is 0 Å². The molecule has 0 bridgehead atoms. The molecule has 166 valence electrons. The maximum Gasteiger partial charge on any atom is 0.252 e. The second kappa shape index (κ2) is 9.49. The van der Waals surface area contributed by atoms with E-state index in [2.05, 4.69) is 23.3 Å². The highest BCUT2D eigenvalue weighted by Gasteiger charge is 2.33. The first-order chi connectivity index (χ1) is 16.0. The number of benzene rings is 2. The van der Waals surface area contributed by atoms with Crippen LogP contribution in [0.2, 0.25) is 0 Å². The summed E-state index contributed by atoms with van der Waals surface area (Å²) in [5.74, 6) is 0.0609. The van der Waals surface area contributed by atoms with Gasteiger partial charge in [-0.3, -0.25) is 4.79 Å². The molecule has 1 amide bonds. The fraction of sp³-hybridized carbons (Fsp3) is 0.185. The molecule has 1 fully saturated rings. The molecule has 2 aromatic rings. The van der Waals surface area contributed by atoms with Crippen molar-refractivity contribution in [1.29, 1.82) is 5.26 Å². The van der Waals surface area contributed by atoms with E-state index in [1.165, 1.54) is 0 Å². The maximum absolute atomic E-state index is 12.8. The lowest BCUT2D eigenvalue weighted by atomic mass is 9.99. The van der Waals surface area contributed by atoms with Gasteiger partial charge in [-0.2, -0.15) is 5.26 Å². The van der Waals surface area contributed by atoms with Gasteiger partial charge in [-0.1, -0.05) is 36.9 Å². The summed E-state index contributed by atoms with van der Waals surface area (Å²) >= 11 is 0. The minimum Gasteiger partial charge on any atom is -0.404 e. The van der Waals surface area contributed by atoms with Crippen LogP contribution in [0.25, 0.3) is 23.4 Å². The minimum absolute atomic E-state index is 0.00538. The Labute approximate surface area is 193 Å². The highest BCUT2D eigenvalue weighted by atomic mass is 16.2. The SMILES string of the molecule is C=C/C=c1/cc(-c2cccc(C#N)c2)cc(NC2CN(C(=O)C3=CC=CNC3C)C2)/c1=C/N. The van der Waals surface area contributed by atoms with Gasteiger partial charge in [0.1, 0.15) is 0 Å². The third kappa shape index (κ3) is 4.53. The van der Waals surface area contributed by atoms with Crippen molar-refractivity contribution >= 4 is 23.9 Å². The molecule has 2 aliphatic rings. The van der Waals surface area contributed by atoms with E-state index in [0.717, 1.165) is 32.8 Å². The third-order valence-electron chi connectivity index (χ3n) is 5.96. The second-order valence-electron chi connectivity index (χ2n) is 8.21. The van der Waals surface area contributed by atoms with Gasteiger partial charge in [-0.25, -0.2) is 0 Å². The number of anilines is 1. The van der Waals surface area contributed by atoms with Gasteiger partial charge in [0.15, 0.2) is 0 Å². The first-order valence-electron chi connectivity index (χ1n) is 10.9. The summed E-state index contributed by atoms with van der Waals surface area (Å²) in [4.78, 5) is 14.7. The van der Waals surface area contributed by atoms with Crippen LogP contribution in [0.3, 0.4) is 0 Å². The lowest BCUT2D eigenvalue weighted by Crippen LogP contribution is -2.58. The van der Waals surface area contributed by atoms with Gasteiger partial charge in [0.2, 0.25) is 0 Å². The molecule has 0 aliphatic carbocycles. The van der Waals surface area contributed by atoms with Crippen LogP contribution in [0.15, 0.2) is 73.0 Å². The Kier molecular flexibility index (Phi) is 6.32. The molecule has 2 heterocycles. The summed E-state index contributed by atoms with van der Waals surface area (Å²) in [6, 6.07) is 13.9. The third-order valence-corrected chi connectivity index (χ3v) is 5.96. The first-order valence-corrected chi connectivity index (χ1v) is 10.9. The van der Waals surface area contributed by atoms with Gasteiger partial charge in [0.05, 0.1) is 23.7 Å². The van der Waals surface area contributed by atoms with Crippen LogP contribution in [0.1, 0.15) is 12.5 Å². The van der Waals surface area contributed by atoms with Crippen molar-refractivity contribution in [3.63, 3.8) is 0 Å². The number of amides is 1. The molecule has 1 atom stereocenters. The minimum atomic E-state index is 0.00538. The number of likely N-dealkylation sites (tertiary alicyclic amines) is 1. The van der Waals surface area contributed by atoms with Crippen LogP contribution >= 0.6 is 0 Å². The van der Waals surface area contributed by atoms with Gasteiger partial charge < -0.3 is 21.3 Å². The Morgan fingerprint density at radius 3 is 2.82 bits per heavy atom. The van der Waals surface area contributed by atoms with E-state index in [9.17, 15) is 10.1 Å². The Morgan fingerprint density at radius 1 is 1.30 bits per heavy atom. The second-order valence-corrected chi connectivity index (χ2v) is 8.21. The Hall–Kier alpha value is -4.24. The molecule has 4 rings (SSSR count). The van der Waals surface area contributed by atoms with Gasteiger partial charge in [-0.05, 0) is 59.8 Å². The summed E-state index contributed by atoms with van der Waals surface area (Å²) in [5.41, 5.74) is 10.2. The fourth-order valence-electron chi connectivity index (χ4n) is 4.16. The number of allylic oxidation sites excluding steroid dienone is 3.